The van der Waals surface area contributed by atoms with Crippen molar-refractivity contribution in [2.75, 3.05) is 0 Å². The number of hydrogen-bond donors (Lipinski definition) is 0. The van der Waals surface area contributed by atoms with Crippen molar-refractivity contribution in [2.45, 2.75) is 24.2 Å². The molecule has 0 amide bonds. The van der Waals surface area contributed by atoms with Crippen LogP contribution in [0.5, 0.6) is 0 Å². The van der Waals surface area contributed by atoms with Crippen LogP contribution in [0.2, 0.25) is 0 Å². The van der Waals surface area contributed by atoms with E-state index < -0.39 is 0 Å². The van der Waals surface area contributed by atoms with Gasteiger partial charge >= 0.3 is 0 Å². The topological polar surface area (TPSA) is 0 Å². The molecule has 0 nitrogen and oxygen atoms in total. The lowest BCUT2D eigenvalue weighted by Gasteiger charge is -1.97. The van der Waals surface area contributed by atoms with Gasteiger partial charge in [-0.1, -0.05) is 47.2 Å². The Hall–Kier alpha value is -0.0900. The van der Waals surface area contributed by atoms with Crippen LogP contribution < -0.4 is 0 Å². The molecule has 0 aliphatic rings. The Balaban J connectivity index is 2.41. The third-order valence-corrected chi connectivity index (χ3v) is 3.78. The van der Waals surface area contributed by atoms with Crippen molar-refractivity contribution in [3.05, 3.63) is 34.7 Å². The zero-order valence-electron chi connectivity index (χ0n) is 8.38. The number of halogens is 1. The number of thiophene rings is 1. The summed E-state index contributed by atoms with van der Waals surface area (Å²) in [5.74, 6) is 0. The largest absolute Gasteiger partial charge is 0.140 e. The normalized spacial score (nSPS) is 13.4. The van der Waals surface area contributed by atoms with E-state index in [4.69, 9.17) is 0 Å². The van der Waals surface area contributed by atoms with E-state index in [-0.39, 0.29) is 0 Å². The Morgan fingerprint density at radius 3 is 2.86 bits per heavy atom. The summed E-state index contributed by atoms with van der Waals surface area (Å²) in [7, 11) is 0. The van der Waals surface area contributed by atoms with Crippen molar-refractivity contribution in [2.24, 2.45) is 0 Å². The van der Waals surface area contributed by atoms with Crippen molar-refractivity contribution in [1.29, 1.82) is 0 Å². The molecular formula is C12H13IS. The van der Waals surface area contributed by atoms with Crippen molar-refractivity contribution in [3.63, 3.8) is 0 Å². The van der Waals surface area contributed by atoms with Gasteiger partial charge in [-0.3, -0.25) is 0 Å². The predicted molar refractivity (Wildman–Crippen MR) is 73.7 cm³/mol. The number of alkyl halides is 1. The minimum absolute atomic E-state index is 0.724. The van der Waals surface area contributed by atoms with E-state index >= 15 is 0 Å². The van der Waals surface area contributed by atoms with Crippen LogP contribution in [0.4, 0.5) is 0 Å². The minimum atomic E-state index is 0.724. The molecular weight excluding hydrogens is 303 g/mol. The molecule has 1 aromatic heterocycles. The van der Waals surface area contributed by atoms with Crippen LogP contribution in [0, 0.1) is 6.92 Å². The van der Waals surface area contributed by atoms with Crippen LogP contribution in [-0.2, 0) is 6.42 Å². The Kier molecular flexibility index (Phi) is 3.12. The summed E-state index contributed by atoms with van der Waals surface area (Å²) in [5.41, 5.74) is 1.35. The lowest BCUT2D eigenvalue weighted by Crippen LogP contribution is -1.92. The number of benzene rings is 1. The van der Waals surface area contributed by atoms with E-state index in [1.54, 1.807) is 0 Å². The fourth-order valence-corrected chi connectivity index (χ4v) is 3.54. The van der Waals surface area contributed by atoms with Crippen LogP contribution in [0.25, 0.3) is 10.1 Å². The highest BCUT2D eigenvalue weighted by atomic mass is 127. The number of rotatable bonds is 2. The fourth-order valence-electron chi connectivity index (χ4n) is 1.60. The zero-order chi connectivity index (χ0) is 10.1. The van der Waals surface area contributed by atoms with Crippen LogP contribution in [0.1, 0.15) is 17.4 Å². The summed E-state index contributed by atoms with van der Waals surface area (Å²) in [4.78, 5) is 1.51. The van der Waals surface area contributed by atoms with Crippen molar-refractivity contribution in [1.82, 2.24) is 0 Å². The molecule has 2 rings (SSSR count). The molecule has 0 aliphatic heterocycles. The molecule has 0 spiro atoms. The molecule has 0 saturated heterocycles. The maximum absolute atomic E-state index is 2.48. The smallest absolute Gasteiger partial charge is 0.0345 e. The van der Waals surface area contributed by atoms with E-state index in [0.717, 1.165) is 3.92 Å². The summed E-state index contributed by atoms with van der Waals surface area (Å²) < 4.78 is 2.14. The van der Waals surface area contributed by atoms with Gasteiger partial charge in [-0.15, -0.1) is 11.3 Å². The monoisotopic (exact) mass is 316 g/mol. The van der Waals surface area contributed by atoms with E-state index in [0.29, 0.717) is 0 Å². The summed E-state index contributed by atoms with van der Waals surface area (Å²) in [5, 5.41) is 1.40. The van der Waals surface area contributed by atoms with E-state index in [1.807, 2.05) is 11.3 Å². The fraction of sp³-hybridized carbons (Fsp3) is 0.333. The van der Waals surface area contributed by atoms with Crippen LogP contribution in [0.15, 0.2) is 24.3 Å². The van der Waals surface area contributed by atoms with Crippen molar-refractivity contribution < 1.29 is 0 Å². The standard InChI is InChI=1S/C12H13IS/c1-8-3-4-12-10(5-8)7-11(14-12)6-9(2)13/h3-5,7,9H,6H2,1-2H3. The molecule has 0 aliphatic carbocycles. The maximum Gasteiger partial charge on any atom is 0.0345 e. The zero-order valence-corrected chi connectivity index (χ0v) is 11.4. The molecule has 1 aromatic carbocycles. The maximum atomic E-state index is 2.48. The Labute approximate surface area is 102 Å². The third-order valence-electron chi connectivity index (χ3n) is 2.21. The molecule has 14 heavy (non-hydrogen) atoms. The lowest BCUT2D eigenvalue weighted by atomic mass is 10.2. The highest BCUT2D eigenvalue weighted by molar-refractivity contribution is 14.1. The summed E-state index contributed by atoms with van der Waals surface area (Å²) in [6, 6.07) is 9.03. The van der Waals surface area contributed by atoms with Crippen molar-refractivity contribution >= 4 is 44.0 Å². The molecule has 74 valence electrons. The second kappa shape index (κ2) is 4.19. The van der Waals surface area contributed by atoms with Crippen LogP contribution in [0.3, 0.4) is 0 Å². The highest BCUT2D eigenvalue weighted by Gasteiger charge is 2.04. The average Bonchev–Trinajstić information content (AvgIpc) is 2.44. The van der Waals surface area contributed by atoms with Gasteiger partial charge in [-0.2, -0.15) is 0 Å². The first kappa shape index (κ1) is 10.4. The highest BCUT2D eigenvalue weighted by Crippen LogP contribution is 2.28. The van der Waals surface area contributed by atoms with E-state index in [2.05, 4.69) is 60.7 Å². The molecule has 0 bridgehead atoms. The van der Waals surface area contributed by atoms with Crippen LogP contribution in [-0.4, -0.2) is 3.92 Å². The first-order valence-electron chi connectivity index (χ1n) is 4.78. The van der Waals surface area contributed by atoms with Gasteiger partial charge < -0.3 is 0 Å². The number of fused-ring (bicyclic) bond motifs is 1. The minimum Gasteiger partial charge on any atom is -0.140 e. The summed E-state index contributed by atoms with van der Waals surface area (Å²) in [6.45, 7) is 4.41. The van der Waals surface area contributed by atoms with Gasteiger partial charge in [0.25, 0.3) is 0 Å². The predicted octanol–water partition coefficient (Wildman–Crippen LogP) is 4.58. The quantitative estimate of drug-likeness (QED) is 0.562. The second-order valence-electron chi connectivity index (χ2n) is 3.74. The molecule has 1 unspecified atom stereocenters. The van der Waals surface area contributed by atoms with E-state index in [9.17, 15) is 0 Å². The number of hydrogen-bond acceptors (Lipinski definition) is 1. The molecule has 2 heteroatoms. The van der Waals surface area contributed by atoms with Gasteiger partial charge in [-0.25, -0.2) is 0 Å². The Morgan fingerprint density at radius 1 is 1.36 bits per heavy atom. The van der Waals surface area contributed by atoms with Gasteiger partial charge in [0.1, 0.15) is 0 Å². The molecule has 1 heterocycles. The second-order valence-corrected chi connectivity index (χ2v) is 7.03. The van der Waals surface area contributed by atoms with Gasteiger partial charge in [0.2, 0.25) is 0 Å². The van der Waals surface area contributed by atoms with Gasteiger partial charge in [0.05, 0.1) is 0 Å². The molecule has 0 N–H and O–H groups in total. The SMILES string of the molecule is Cc1ccc2sc(CC(C)I)cc2c1. The molecule has 0 fully saturated rings. The first-order chi connectivity index (χ1) is 6.65. The summed E-state index contributed by atoms with van der Waals surface area (Å²) in [6.07, 6.45) is 1.19. The molecule has 2 aromatic rings. The van der Waals surface area contributed by atoms with E-state index in [1.165, 1.54) is 26.9 Å². The van der Waals surface area contributed by atoms with Gasteiger partial charge in [0.15, 0.2) is 0 Å². The Morgan fingerprint density at radius 2 is 2.14 bits per heavy atom. The number of aryl methyl sites for hydroxylation is 1. The Bertz CT molecular complexity index is 443. The molecule has 0 saturated carbocycles. The van der Waals surface area contributed by atoms with Crippen molar-refractivity contribution in [3.8, 4) is 0 Å². The average molecular weight is 316 g/mol. The molecule has 0 radical (unpaired) electrons. The first-order valence-corrected chi connectivity index (χ1v) is 6.84. The van der Waals surface area contributed by atoms with Gasteiger partial charge in [-0.05, 0) is 30.9 Å². The summed E-state index contributed by atoms with van der Waals surface area (Å²) >= 11 is 4.41. The molecule has 1 atom stereocenters. The van der Waals surface area contributed by atoms with Gasteiger partial charge in [0, 0.05) is 13.5 Å². The third kappa shape index (κ3) is 2.28. The lowest BCUT2D eigenvalue weighted by molar-refractivity contribution is 0.999. The van der Waals surface area contributed by atoms with Crippen LogP contribution >= 0.6 is 33.9 Å².